The highest BCUT2D eigenvalue weighted by Gasteiger charge is 2.14. The molecule has 1 fully saturated rings. The minimum Gasteiger partial charge on any atom is -0.495 e. The minimum absolute atomic E-state index is 0.764. The van der Waals surface area contributed by atoms with E-state index < -0.39 is 0 Å². The number of hydrogen-bond acceptors (Lipinski definition) is 5. The number of fused-ring (bicyclic) bond motifs is 1. The first kappa shape index (κ1) is 15.1. The Morgan fingerprint density at radius 1 is 1.12 bits per heavy atom. The zero-order valence-electron chi connectivity index (χ0n) is 13.8. The van der Waals surface area contributed by atoms with E-state index >= 15 is 0 Å². The van der Waals surface area contributed by atoms with Gasteiger partial charge in [-0.05, 0) is 18.2 Å². The van der Waals surface area contributed by atoms with Gasteiger partial charge in [0.2, 0.25) is 0 Å². The maximum absolute atomic E-state index is 5.19. The Bertz CT molecular complexity index is 821. The molecule has 1 aliphatic heterocycles. The van der Waals surface area contributed by atoms with Crippen LogP contribution in [0.5, 0.6) is 5.75 Å². The van der Waals surface area contributed by atoms with E-state index in [4.69, 9.17) is 4.74 Å². The molecule has 6 nitrogen and oxygen atoms in total. The van der Waals surface area contributed by atoms with Gasteiger partial charge in [0.25, 0.3) is 0 Å². The lowest BCUT2D eigenvalue weighted by atomic mass is 10.1. The molecule has 1 aliphatic rings. The maximum Gasteiger partial charge on any atom is 0.137 e. The quantitative estimate of drug-likeness (QED) is 0.795. The Morgan fingerprint density at radius 3 is 2.75 bits per heavy atom. The summed E-state index contributed by atoms with van der Waals surface area (Å²) >= 11 is 0. The number of nitrogens with zero attached hydrogens (tertiary/aromatic N) is 4. The number of methoxy groups -OCH3 is 1. The predicted molar refractivity (Wildman–Crippen MR) is 94.0 cm³/mol. The van der Waals surface area contributed by atoms with Gasteiger partial charge in [-0.3, -0.25) is 14.6 Å². The zero-order valence-corrected chi connectivity index (χ0v) is 13.8. The van der Waals surface area contributed by atoms with Crippen LogP contribution in [0.15, 0.2) is 42.7 Å². The Labute approximate surface area is 141 Å². The van der Waals surface area contributed by atoms with Crippen molar-refractivity contribution in [3.63, 3.8) is 0 Å². The summed E-state index contributed by atoms with van der Waals surface area (Å²) in [7, 11) is 1.65. The Balaban J connectivity index is 1.67. The highest BCUT2D eigenvalue weighted by molar-refractivity contribution is 5.93. The molecule has 4 rings (SSSR count). The van der Waals surface area contributed by atoms with E-state index in [0.717, 1.165) is 60.8 Å². The van der Waals surface area contributed by atoms with Crippen LogP contribution in [0.25, 0.3) is 22.2 Å². The second kappa shape index (κ2) is 6.59. The molecule has 0 saturated carbocycles. The molecule has 1 N–H and O–H groups in total. The second-order valence-electron chi connectivity index (χ2n) is 5.98. The number of pyridine rings is 1. The van der Waals surface area contributed by atoms with Crippen molar-refractivity contribution < 1.29 is 4.74 Å². The van der Waals surface area contributed by atoms with E-state index in [2.05, 4.69) is 43.2 Å². The van der Waals surface area contributed by atoms with Crippen LogP contribution in [0.3, 0.4) is 0 Å². The predicted octanol–water partition coefficient (Wildman–Crippen LogP) is 1.97. The molecule has 6 heteroatoms. The number of hydrogen-bond donors (Lipinski definition) is 1. The number of rotatable bonds is 4. The third-order valence-corrected chi connectivity index (χ3v) is 4.48. The lowest BCUT2D eigenvalue weighted by Crippen LogP contribution is -2.44. The zero-order chi connectivity index (χ0) is 16.4. The molecule has 0 bridgehead atoms. The van der Waals surface area contributed by atoms with E-state index in [1.165, 1.54) is 0 Å². The summed E-state index contributed by atoms with van der Waals surface area (Å²) < 4.78 is 7.27. The van der Waals surface area contributed by atoms with Crippen molar-refractivity contribution in [1.82, 2.24) is 25.0 Å². The fraction of sp³-hybridized carbons (Fsp3) is 0.333. The van der Waals surface area contributed by atoms with Crippen molar-refractivity contribution in [1.29, 1.82) is 0 Å². The van der Waals surface area contributed by atoms with E-state index in [0.29, 0.717) is 0 Å². The number of nitrogens with one attached hydrogen (secondary N) is 1. The molecule has 3 heterocycles. The van der Waals surface area contributed by atoms with Gasteiger partial charge in [0.15, 0.2) is 0 Å². The molecular formula is C18H21N5O. The van der Waals surface area contributed by atoms with Gasteiger partial charge in [0.05, 0.1) is 37.4 Å². The van der Waals surface area contributed by atoms with E-state index in [1.807, 2.05) is 18.3 Å². The molecule has 0 amide bonds. The molecule has 0 atom stereocenters. The molecule has 1 aromatic carbocycles. The first-order chi connectivity index (χ1) is 11.8. The summed E-state index contributed by atoms with van der Waals surface area (Å²) in [4.78, 5) is 6.93. The second-order valence-corrected chi connectivity index (χ2v) is 5.98. The Hall–Kier alpha value is -2.44. The fourth-order valence-corrected chi connectivity index (χ4v) is 3.14. The van der Waals surface area contributed by atoms with Gasteiger partial charge in [-0.15, -0.1) is 0 Å². The lowest BCUT2D eigenvalue weighted by molar-refractivity contribution is 0.187. The molecule has 0 aliphatic carbocycles. The van der Waals surface area contributed by atoms with Crippen LogP contribution in [0.1, 0.15) is 0 Å². The summed E-state index contributed by atoms with van der Waals surface area (Å²) in [6.07, 6.45) is 3.69. The van der Waals surface area contributed by atoms with Crippen molar-refractivity contribution in [2.45, 2.75) is 6.67 Å². The summed E-state index contributed by atoms with van der Waals surface area (Å²) in [5, 5.41) is 9.12. The van der Waals surface area contributed by atoms with Gasteiger partial charge < -0.3 is 10.1 Å². The smallest absolute Gasteiger partial charge is 0.137 e. The average Bonchev–Trinajstić information content (AvgIpc) is 3.06. The first-order valence-corrected chi connectivity index (χ1v) is 8.23. The minimum atomic E-state index is 0.764. The van der Waals surface area contributed by atoms with Crippen molar-refractivity contribution in [2.24, 2.45) is 0 Å². The number of benzene rings is 1. The van der Waals surface area contributed by atoms with Gasteiger partial charge in [-0.1, -0.05) is 12.1 Å². The van der Waals surface area contributed by atoms with Crippen LogP contribution in [0.4, 0.5) is 0 Å². The van der Waals surface area contributed by atoms with Crippen molar-refractivity contribution in [2.75, 3.05) is 33.3 Å². The van der Waals surface area contributed by atoms with Gasteiger partial charge in [-0.25, -0.2) is 0 Å². The van der Waals surface area contributed by atoms with Crippen LogP contribution in [0, 0.1) is 0 Å². The van der Waals surface area contributed by atoms with Crippen molar-refractivity contribution in [3.05, 3.63) is 42.7 Å². The highest BCUT2D eigenvalue weighted by Crippen LogP contribution is 2.28. The van der Waals surface area contributed by atoms with E-state index in [1.54, 1.807) is 13.3 Å². The van der Waals surface area contributed by atoms with E-state index in [9.17, 15) is 0 Å². The van der Waals surface area contributed by atoms with Crippen LogP contribution in [0.2, 0.25) is 0 Å². The third kappa shape index (κ3) is 2.86. The SMILES string of the molecule is COc1ccc(-c2cccc3c2cnn3CN2CCNCC2)nc1. The molecule has 124 valence electrons. The topological polar surface area (TPSA) is 55.2 Å². The van der Waals surface area contributed by atoms with Crippen LogP contribution in [-0.4, -0.2) is 53.0 Å². The molecular weight excluding hydrogens is 302 g/mol. The fourth-order valence-electron chi connectivity index (χ4n) is 3.14. The largest absolute Gasteiger partial charge is 0.495 e. The summed E-state index contributed by atoms with van der Waals surface area (Å²) in [6, 6.07) is 10.2. The summed E-state index contributed by atoms with van der Waals surface area (Å²) in [5.74, 6) is 0.764. The van der Waals surface area contributed by atoms with Gasteiger partial charge in [-0.2, -0.15) is 5.10 Å². The molecule has 24 heavy (non-hydrogen) atoms. The highest BCUT2D eigenvalue weighted by atomic mass is 16.5. The van der Waals surface area contributed by atoms with Crippen molar-refractivity contribution in [3.8, 4) is 17.0 Å². The first-order valence-electron chi connectivity index (χ1n) is 8.23. The third-order valence-electron chi connectivity index (χ3n) is 4.48. The lowest BCUT2D eigenvalue weighted by Gasteiger charge is -2.27. The summed E-state index contributed by atoms with van der Waals surface area (Å²) in [6.45, 7) is 5.02. The number of piperazine rings is 1. The summed E-state index contributed by atoms with van der Waals surface area (Å²) in [5.41, 5.74) is 3.17. The Kier molecular flexibility index (Phi) is 4.15. The maximum atomic E-state index is 5.19. The van der Waals surface area contributed by atoms with Crippen LogP contribution < -0.4 is 10.1 Å². The van der Waals surface area contributed by atoms with Crippen molar-refractivity contribution >= 4 is 10.9 Å². The Morgan fingerprint density at radius 2 is 2.00 bits per heavy atom. The molecule has 2 aromatic heterocycles. The monoisotopic (exact) mass is 323 g/mol. The number of aromatic nitrogens is 3. The van der Waals surface area contributed by atoms with Crippen LogP contribution >= 0.6 is 0 Å². The number of ether oxygens (including phenoxy) is 1. The normalized spacial score (nSPS) is 15.7. The molecule has 0 spiro atoms. The van der Waals surface area contributed by atoms with E-state index in [-0.39, 0.29) is 0 Å². The average molecular weight is 323 g/mol. The standard InChI is InChI=1S/C18H21N5O/c1-24-14-5-6-17(20-11-14)15-3-2-4-18-16(15)12-21-23(18)13-22-9-7-19-8-10-22/h2-6,11-12,19H,7-10,13H2,1H3. The molecule has 3 aromatic rings. The molecule has 1 saturated heterocycles. The van der Waals surface area contributed by atoms with Gasteiger partial charge in [0, 0.05) is 37.1 Å². The molecule has 0 unspecified atom stereocenters. The van der Waals surface area contributed by atoms with Crippen LogP contribution in [-0.2, 0) is 6.67 Å². The molecule has 0 radical (unpaired) electrons. The van der Waals surface area contributed by atoms with Gasteiger partial charge >= 0.3 is 0 Å². The van der Waals surface area contributed by atoms with Gasteiger partial charge in [0.1, 0.15) is 5.75 Å².